The second-order valence-corrected chi connectivity index (χ2v) is 13.8. The van der Waals surface area contributed by atoms with E-state index in [0.717, 1.165) is 19.9 Å². The summed E-state index contributed by atoms with van der Waals surface area (Å²) in [5.74, 6) is -8.98. The van der Waals surface area contributed by atoms with E-state index in [-0.39, 0.29) is 61.7 Å². The minimum atomic E-state index is -1.93. The number of imide groups is 1. The maximum Gasteiger partial charge on any atom is 0.338 e. The third-order valence-corrected chi connectivity index (χ3v) is 9.61. The van der Waals surface area contributed by atoms with Gasteiger partial charge in [-0.3, -0.25) is 38.5 Å². The van der Waals surface area contributed by atoms with Gasteiger partial charge >= 0.3 is 41.7 Å². The SMILES string of the molecule is CCC(C(=O)OCc1ccccc1)[C@@H](COC(=O)c1ccc(OC(C)=O)c(OC(C)=O)c1)C(C)(NC=O)NC(=O)[C@H](NC(=O)N1CCN(CC)C(=O)C1=O)c1ccccc1. The number of nitrogens with zero attached hydrogens (tertiary/aromatic N) is 2. The number of likely N-dealkylation sites (N-methyl/N-ethyl adjacent to an activating group) is 1. The fourth-order valence-electron chi connectivity index (χ4n) is 6.50. The van der Waals surface area contributed by atoms with Crippen molar-refractivity contribution in [3.63, 3.8) is 0 Å². The second kappa shape index (κ2) is 21.1. The van der Waals surface area contributed by atoms with Crippen LogP contribution in [0.1, 0.15) is 68.6 Å². The van der Waals surface area contributed by atoms with Gasteiger partial charge in [0.2, 0.25) is 12.3 Å². The Kier molecular flexibility index (Phi) is 16.0. The quantitative estimate of drug-likeness (QED) is 0.0551. The summed E-state index contributed by atoms with van der Waals surface area (Å²) in [4.78, 5) is 119. The van der Waals surface area contributed by atoms with Crippen molar-refractivity contribution in [1.29, 1.82) is 0 Å². The highest BCUT2D eigenvalue weighted by molar-refractivity contribution is 6.38. The fraction of sp³-hybridized carbons (Fsp3) is 0.357. The van der Waals surface area contributed by atoms with E-state index in [1.165, 1.54) is 36.1 Å². The van der Waals surface area contributed by atoms with Crippen molar-refractivity contribution in [2.24, 2.45) is 11.8 Å². The lowest BCUT2D eigenvalue weighted by Gasteiger charge is -2.41. The van der Waals surface area contributed by atoms with Crippen LogP contribution in [0.25, 0.3) is 0 Å². The number of esters is 4. The van der Waals surface area contributed by atoms with Gasteiger partial charge < -0.3 is 39.8 Å². The van der Waals surface area contributed by atoms with Gasteiger partial charge in [0.15, 0.2) is 11.5 Å². The Balaban J connectivity index is 1.70. The van der Waals surface area contributed by atoms with Gasteiger partial charge in [-0.2, -0.15) is 0 Å². The summed E-state index contributed by atoms with van der Waals surface area (Å²) in [5.41, 5.74) is -1.16. The van der Waals surface area contributed by atoms with Crippen molar-refractivity contribution in [1.82, 2.24) is 25.8 Å². The molecule has 3 aromatic rings. The first-order valence-electron chi connectivity index (χ1n) is 19.0. The summed E-state index contributed by atoms with van der Waals surface area (Å²) in [5, 5.41) is 7.80. The molecule has 0 radical (unpaired) electrons. The third kappa shape index (κ3) is 11.7. The molecule has 0 bridgehead atoms. The first-order valence-corrected chi connectivity index (χ1v) is 19.0. The molecule has 1 aliphatic heterocycles. The Morgan fingerprint density at radius 1 is 0.817 bits per heavy atom. The number of carbonyl (C=O) groups excluding carboxylic acids is 9. The van der Waals surface area contributed by atoms with Crippen LogP contribution >= 0.6 is 0 Å². The Hall–Kier alpha value is -7.11. The highest BCUT2D eigenvalue weighted by Gasteiger charge is 2.46. The molecule has 0 aromatic heterocycles. The lowest BCUT2D eigenvalue weighted by Crippen LogP contribution is -2.66. The zero-order valence-corrected chi connectivity index (χ0v) is 33.8. The minimum Gasteiger partial charge on any atom is -0.462 e. The molecule has 18 nitrogen and oxygen atoms in total. The number of rotatable bonds is 18. The molecule has 0 aliphatic carbocycles. The standard InChI is InChI=1S/C42H47N5O13/c1-6-31(40(55)57-23-28-14-10-8-11-15-28)32(24-58-39(54)30-18-19-33(59-26(3)49)34(22-30)60-27(4)50)42(5,43-25-48)45-36(51)35(29-16-12-9-13-17-29)44-41(56)47-21-20-46(7-2)37(52)38(47)53/h8-19,22,25,31-32,35H,6-7,20-21,23-24H2,1-5H3,(H,43,48)(H,44,56)(H,45,51)/t31?,32-,35-,42?/m1/s1. The maximum atomic E-state index is 14.4. The monoisotopic (exact) mass is 829 g/mol. The largest absolute Gasteiger partial charge is 0.462 e. The summed E-state index contributed by atoms with van der Waals surface area (Å²) < 4.78 is 21.6. The predicted octanol–water partition coefficient (Wildman–Crippen LogP) is 2.80. The Bertz CT molecular complexity index is 2080. The third-order valence-electron chi connectivity index (χ3n) is 9.61. The van der Waals surface area contributed by atoms with Crippen molar-refractivity contribution in [2.75, 3.05) is 26.2 Å². The highest BCUT2D eigenvalue weighted by Crippen LogP contribution is 2.32. The molecule has 6 amide bonds. The van der Waals surface area contributed by atoms with Crippen LogP contribution in [0.15, 0.2) is 78.9 Å². The van der Waals surface area contributed by atoms with Crippen LogP contribution in [0.4, 0.5) is 4.79 Å². The number of hydrogen-bond acceptors (Lipinski definition) is 13. The molecule has 2 unspecified atom stereocenters. The molecular weight excluding hydrogens is 782 g/mol. The molecule has 1 heterocycles. The van der Waals surface area contributed by atoms with Crippen molar-refractivity contribution < 1.29 is 62.1 Å². The Morgan fingerprint density at radius 3 is 2.05 bits per heavy atom. The van der Waals surface area contributed by atoms with Gasteiger partial charge in [-0.1, -0.05) is 67.6 Å². The molecule has 3 aromatic carbocycles. The number of hydrogen-bond donors (Lipinski definition) is 3. The average molecular weight is 830 g/mol. The lowest BCUT2D eigenvalue weighted by molar-refractivity contribution is -0.156. The number of nitrogens with one attached hydrogen (secondary N) is 3. The Labute approximate surface area is 345 Å². The van der Waals surface area contributed by atoms with E-state index in [9.17, 15) is 43.2 Å². The van der Waals surface area contributed by atoms with E-state index in [2.05, 4.69) is 16.0 Å². The number of benzene rings is 3. The number of urea groups is 1. The molecule has 1 fully saturated rings. The van der Waals surface area contributed by atoms with E-state index in [1.807, 2.05) is 0 Å². The molecule has 4 atom stereocenters. The molecule has 1 aliphatic rings. The summed E-state index contributed by atoms with van der Waals surface area (Å²) >= 11 is 0. The first kappa shape index (κ1) is 45.6. The average Bonchev–Trinajstić information content (AvgIpc) is 3.22. The van der Waals surface area contributed by atoms with Gasteiger partial charge in [-0.25, -0.2) is 9.59 Å². The van der Waals surface area contributed by atoms with Gasteiger partial charge in [-0.05, 0) is 49.6 Å². The van der Waals surface area contributed by atoms with E-state index in [1.54, 1.807) is 62.4 Å². The van der Waals surface area contributed by atoms with Crippen molar-refractivity contribution >= 4 is 54.0 Å². The molecule has 60 heavy (non-hydrogen) atoms. The lowest BCUT2D eigenvalue weighted by atomic mass is 9.80. The van der Waals surface area contributed by atoms with Gasteiger partial charge in [-0.15, -0.1) is 0 Å². The van der Waals surface area contributed by atoms with E-state index >= 15 is 0 Å². The summed E-state index contributed by atoms with van der Waals surface area (Å²) in [6, 6.07) is 17.7. The molecule has 0 spiro atoms. The van der Waals surface area contributed by atoms with Gasteiger partial charge in [0.25, 0.3) is 0 Å². The molecule has 3 N–H and O–H groups in total. The van der Waals surface area contributed by atoms with Crippen molar-refractivity contribution in [2.45, 2.75) is 59.4 Å². The van der Waals surface area contributed by atoms with Gasteiger partial charge in [0, 0.05) is 39.4 Å². The zero-order chi connectivity index (χ0) is 44.0. The Morgan fingerprint density at radius 2 is 1.45 bits per heavy atom. The first-order chi connectivity index (χ1) is 28.6. The number of ether oxygens (including phenoxy) is 4. The highest BCUT2D eigenvalue weighted by atomic mass is 16.6. The van der Waals surface area contributed by atoms with E-state index < -0.39 is 77.8 Å². The molecule has 4 rings (SSSR count). The second-order valence-electron chi connectivity index (χ2n) is 13.8. The topological polar surface area (TPSA) is 233 Å². The smallest absolute Gasteiger partial charge is 0.338 e. The minimum absolute atomic E-state index is 0.0498. The summed E-state index contributed by atoms with van der Waals surface area (Å²) in [6.45, 7) is 6.38. The molecular formula is C42H47N5O13. The van der Waals surface area contributed by atoms with Crippen LogP contribution in [-0.2, 0) is 49.6 Å². The van der Waals surface area contributed by atoms with Crippen LogP contribution in [0.2, 0.25) is 0 Å². The van der Waals surface area contributed by atoms with E-state index in [0.29, 0.717) is 10.5 Å². The van der Waals surface area contributed by atoms with Crippen LogP contribution < -0.4 is 25.4 Å². The predicted molar refractivity (Wildman–Crippen MR) is 210 cm³/mol. The number of amides is 6. The van der Waals surface area contributed by atoms with Crippen LogP contribution in [0.3, 0.4) is 0 Å². The van der Waals surface area contributed by atoms with Gasteiger partial charge in [0.05, 0.1) is 18.1 Å². The van der Waals surface area contributed by atoms with E-state index in [4.69, 9.17) is 18.9 Å². The van der Waals surface area contributed by atoms with Crippen molar-refractivity contribution in [3.05, 3.63) is 95.6 Å². The maximum absolute atomic E-state index is 14.4. The zero-order valence-electron chi connectivity index (χ0n) is 33.8. The number of piperazine rings is 1. The molecule has 0 saturated carbocycles. The normalized spacial score (nSPS) is 14.9. The van der Waals surface area contributed by atoms with Crippen LogP contribution in [0.5, 0.6) is 11.5 Å². The molecule has 1 saturated heterocycles. The fourth-order valence-corrected chi connectivity index (χ4v) is 6.50. The summed E-state index contributed by atoms with van der Waals surface area (Å²) in [6.07, 6.45) is 0.318. The summed E-state index contributed by atoms with van der Waals surface area (Å²) in [7, 11) is 0. The number of carbonyl (C=O) groups is 9. The molecule has 18 heteroatoms. The van der Waals surface area contributed by atoms with Crippen LogP contribution in [0, 0.1) is 11.8 Å². The van der Waals surface area contributed by atoms with Crippen LogP contribution in [-0.4, -0.2) is 95.7 Å². The molecule has 318 valence electrons. The van der Waals surface area contributed by atoms with Crippen molar-refractivity contribution in [3.8, 4) is 11.5 Å². The van der Waals surface area contributed by atoms with Gasteiger partial charge in [0.1, 0.15) is 18.3 Å².